The Morgan fingerprint density at radius 1 is 0.840 bits per heavy atom. The van der Waals surface area contributed by atoms with Crippen LogP contribution in [0.25, 0.3) is 0 Å². The van der Waals surface area contributed by atoms with Crippen molar-refractivity contribution < 1.29 is 33.4 Å². The smallest absolute Gasteiger partial charge is 0.410 e. The molecule has 11 heteroatoms. The van der Waals surface area contributed by atoms with E-state index in [0.717, 1.165) is 12.0 Å². The third-order valence-electron chi connectivity index (χ3n) is 7.82. The molecule has 0 bridgehead atoms. The quantitative estimate of drug-likeness (QED) is 0.0735. The van der Waals surface area contributed by atoms with Gasteiger partial charge in [-0.3, -0.25) is 14.4 Å². The molecule has 11 nitrogen and oxygen atoms in total. The topological polar surface area (TPSA) is 152 Å². The van der Waals surface area contributed by atoms with Gasteiger partial charge in [0.15, 0.2) is 0 Å². The summed E-state index contributed by atoms with van der Waals surface area (Å²) < 4.78 is 9.78. The molecule has 0 atom stereocenters. The number of ether oxygens (including phenoxy) is 2. The van der Waals surface area contributed by atoms with E-state index >= 15 is 0 Å². The Balaban J connectivity index is 1.40. The highest BCUT2D eigenvalue weighted by Gasteiger charge is 2.26. The van der Waals surface area contributed by atoms with Crippen molar-refractivity contribution in [2.45, 2.75) is 60.8 Å². The molecule has 0 aromatic heterocycles. The number of esters is 1. The fraction of sp³-hybridized carbons (Fsp3) is 0.308. The Kier molecular flexibility index (Phi) is 14.5. The first-order valence-electron chi connectivity index (χ1n) is 16.3. The first-order chi connectivity index (χ1) is 23.7. The maximum absolute atomic E-state index is 12.7. The van der Waals surface area contributed by atoms with Gasteiger partial charge < -0.3 is 30.7 Å². The van der Waals surface area contributed by atoms with E-state index in [1.54, 1.807) is 61.5 Å². The van der Waals surface area contributed by atoms with Crippen molar-refractivity contribution in [2.75, 3.05) is 29.3 Å². The number of benzene rings is 2. The van der Waals surface area contributed by atoms with Crippen LogP contribution in [0.2, 0.25) is 0 Å². The summed E-state index contributed by atoms with van der Waals surface area (Å²) in [5.41, 5.74) is 6.26. The van der Waals surface area contributed by atoms with E-state index < -0.39 is 37.2 Å². The minimum absolute atomic E-state index is 0.177. The van der Waals surface area contributed by atoms with Gasteiger partial charge in [-0.25, -0.2) is 9.59 Å². The fourth-order valence-corrected chi connectivity index (χ4v) is 5.25. The lowest BCUT2D eigenvalue weighted by Gasteiger charge is -2.32. The van der Waals surface area contributed by atoms with Crippen LogP contribution in [0.5, 0.6) is 0 Å². The van der Waals surface area contributed by atoms with E-state index in [-0.39, 0.29) is 11.3 Å². The minimum Gasteiger partial charge on any atom is -0.425 e. The monoisotopic (exact) mass is 682 g/mol. The summed E-state index contributed by atoms with van der Waals surface area (Å²) in [7, 11) is 0. The summed E-state index contributed by atoms with van der Waals surface area (Å²) in [6.07, 6.45) is 13.8. The molecule has 0 saturated heterocycles. The van der Waals surface area contributed by atoms with E-state index in [4.69, 9.17) is 9.47 Å². The van der Waals surface area contributed by atoms with E-state index in [2.05, 4.69) is 54.2 Å². The summed E-state index contributed by atoms with van der Waals surface area (Å²) >= 11 is 0. The molecule has 1 aliphatic rings. The standard InChI is InChI=1S/C39H46N4O7/c1-26(16-21-32-28(3)13-10-22-39(32,5)6)11-9-12-27(2)23-36(46)49-25-50-38(48)40-24-35(45)42-33-14-7-8-15-34(33)43-37(47)30-17-19-31(20-18-30)41-29(4)44/h7-9,11-12,14-21,23H,10,13,22,24-25H2,1-6H3,(H,40,48)(H,41,44)(H,42,45)(H,43,47)/b12-9+,21-16+,26-11+,27-23+. The predicted molar refractivity (Wildman–Crippen MR) is 195 cm³/mol. The van der Waals surface area contributed by atoms with Gasteiger partial charge in [-0.05, 0) is 93.0 Å². The molecule has 0 aliphatic heterocycles. The Hall–Kier alpha value is -5.71. The minimum atomic E-state index is -0.964. The van der Waals surface area contributed by atoms with Crippen LogP contribution < -0.4 is 21.3 Å². The zero-order valence-corrected chi connectivity index (χ0v) is 29.5. The van der Waals surface area contributed by atoms with Gasteiger partial charge in [0.25, 0.3) is 5.91 Å². The van der Waals surface area contributed by atoms with Crippen molar-refractivity contribution in [2.24, 2.45) is 5.41 Å². The average molecular weight is 683 g/mol. The Morgan fingerprint density at radius 3 is 2.18 bits per heavy atom. The number of rotatable bonds is 13. The number of hydrogen-bond donors (Lipinski definition) is 4. The highest BCUT2D eigenvalue weighted by Crippen LogP contribution is 2.40. The molecule has 2 aromatic rings. The number of alkyl carbamates (subject to hydrolysis) is 1. The molecule has 2 aromatic carbocycles. The molecule has 0 radical (unpaired) electrons. The molecule has 0 saturated carbocycles. The first-order valence-corrected chi connectivity index (χ1v) is 16.3. The van der Waals surface area contributed by atoms with Crippen molar-refractivity contribution in [1.82, 2.24) is 5.32 Å². The summed E-state index contributed by atoms with van der Waals surface area (Å²) in [6, 6.07) is 12.9. The lowest BCUT2D eigenvalue weighted by atomic mass is 9.72. The maximum atomic E-state index is 12.7. The Labute approximate surface area is 293 Å². The predicted octanol–water partition coefficient (Wildman–Crippen LogP) is 7.59. The second-order valence-corrected chi connectivity index (χ2v) is 12.6. The first kappa shape index (κ1) is 38.7. The molecule has 0 heterocycles. The number of anilines is 3. The molecular weight excluding hydrogens is 636 g/mol. The summed E-state index contributed by atoms with van der Waals surface area (Å²) in [6.45, 7) is 10.8. The number of carbonyl (C=O) groups excluding carboxylic acids is 5. The van der Waals surface area contributed by atoms with Crippen LogP contribution in [0.3, 0.4) is 0 Å². The molecule has 4 N–H and O–H groups in total. The van der Waals surface area contributed by atoms with Crippen LogP contribution in [0.4, 0.5) is 21.9 Å². The van der Waals surface area contributed by atoms with Crippen molar-refractivity contribution in [3.63, 3.8) is 0 Å². The molecule has 1 aliphatic carbocycles. The largest absolute Gasteiger partial charge is 0.425 e. The molecule has 3 rings (SSSR count). The zero-order valence-electron chi connectivity index (χ0n) is 29.5. The normalized spacial score (nSPS) is 14.7. The molecule has 264 valence electrons. The van der Waals surface area contributed by atoms with Gasteiger partial charge in [0.1, 0.15) is 6.54 Å². The molecular formula is C39H46N4O7. The number of para-hydroxylation sites is 2. The fourth-order valence-electron chi connectivity index (χ4n) is 5.25. The molecule has 4 amide bonds. The van der Waals surface area contributed by atoms with Crippen LogP contribution in [0.1, 0.15) is 71.2 Å². The number of amides is 4. The van der Waals surface area contributed by atoms with E-state index in [1.807, 2.05) is 19.1 Å². The van der Waals surface area contributed by atoms with Crippen molar-refractivity contribution in [3.8, 4) is 0 Å². The number of nitrogens with one attached hydrogen (secondary N) is 4. The van der Waals surface area contributed by atoms with Gasteiger partial charge in [0.05, 0.1) is 11.4 Å². The third kappa shape index (κ3) is 13.1. The van der Waals surface area contributed by atoms with Gasteiger partial charge in [0, 0.05) is 24.3 Å². The van der Waals surface area contributed by atoms with Gasteiger partial charge >= 0.3 is 12.1 Å². The molecule has 0 spiro atoms. The van der Waals surface area contributed by atoms with Crippen molar-refractivity contribution in [1.29, 1.82) is 0 Å². The van der Waals surface area contributed by atoms with Gasteiger partial charge in [-0.15, -0.1) is 0 Å². The van der Waals surface area contributed by atoms with Crippen LogP contribution in [0.15, 0.2) is 107 Å². The van der Waals surface area contributed by atoms with Gasteiger partial charge in [0.2, 0.25) is 18.6 Å². The van der Waals surface area contributed by atoms with Crippen LogP contribution in [0, 0.1) is 5.41 Å². The van der Waals surface area contributed by atoms with Crippen molar-refractivity contribution in [3.05, 3.63) is 113 Å². The van der Waals surface area contributed by atoms with Crippen LogP contribution in [-0.2, 0) is 23.9 Å². The van der Waals surface area contributed by atoms with Crippen LogP contribution in [-0.4, -0.2) is 43.1 Å². The number of allylic oxidation sites excluding steroid dienone is 9. The van der Waals surface area contributed by atoms with Gasteiger partial charge in [-0.2, -0.15) is 0 Å². The second-order valence-electron chi connectivity index (χ2n) is 12.6. The highest BCUT2D eigenvalue weighted by atomic mass is 16.7. The lowest BCUT2D eigenvalue weighted by molar-refractivity contribution is -0.145. The van der Waals surface area contributed by atoms with Crippen LogP contribution >= 0.6 is 0 Å². The molecule has 50 heavy (non-hydrogen) atoms. The SMILES string of the molecule is CC(=O)Nc1ccc(C(=O)Nc2ccccc2NC(=O)CNC(=O)OCOC(=O)/C=C(C)/C=C/C=C(C)/C=C/C2=C(C)CCCC2(C)C)cc1. The van der Waals surface area contributed by atoms with Crippen molar-refractivity contribution >= 4 is 46.8 Å². The summed E-state index contributed by atoms with van der Waals surface area (Å²) in [5, 5.41) is 10.2. The summed E-state index contributed by atoms with van der Waals surface area (Å²) in [4.78, 5) is 60.6. The van der Waals surface area contributed by atoms with Gasteiger partial charge in [-0.1, -0.05) is 67.5 Å². The Bertz CT molecular complexity index is 1730. The number of carbonyl (C=O) groups is 5. The lowest BCUT2D eigenvalue weighted by Crippen LogP contribution is -2.34. The maximum Gasteiger partial charge on any atom is 0.410 e. The highest BCUT2D eigenvalue weighted by molar-refractivity contribution is 6.07. The molecule has 0 unspecified atom stereocenters. The summed E-state index contributed by atoms with van der Waals surface area (Å²) in [5.74, 6) is -1.94. The average Bonchev–Trinajstić information content (AvgIpc) is 3.04. The number of hydrogen-bond acceptors (Lipinski definition) is 7. The van der Waals surface area contributed by atoms with E-state index in [1.165, 1.54) is 37.0 Å². The van der Waals surface area contributed by atoms with E-state index in [9.17, 15) is 24.0 Å². The van der Waals surface area contributed by atoms with E-state index in [0.29, 0.717) is 28.2 Å². The second kappa shape index (κ2) is 18.7. The third-order valence-corrected chi connectivity index (χ3v) is 7.82. The zero-order chi connectivity index (χ0) is 36.7. The Morgan fingerprint density at radius 2 is 1.52 bits per heavy atom. The molecule has 0 fully saturated rings.